The molecule has 0 saturated carbocycles. The van der Waals surface area contributed by atoms with E-state index in [4.69, 9.17) is 11.6 Å². The number of benzene rings is 2. The van der Waals surface area contributed by atoms with E-state index >= 15 is 0 Å². The summed E-state index contributed by atoms with van der Waals surface area (Å²) < 4.78 is 2.14. The van der Waals surface area contributed by atoms with Crippen LogP contribution in [0.4, 0.5) is 5.69 Å². The van der Waals surface area contributed by atoms with Gasteiger partial charge in [0.15, 0.2) is 0 Å². The Kier molecular flexibility index (Phi) is 4.65. The second kappa shape index (κ2) is 6.30. The second-order valence-electron chi connectivity index (χ2n) is 4.64. The third kappa shape index (κ3) is 3.19. The zero-order valence-electron chi connectivity index (χ0n) is 10.5. The number of anilines is 1. The van der Waals surface area contributed by atoms with Crippen LogP contribution < -0.4 is 5.32 Å². The van der Waals surface area contributed by atoms with Gasteiger partial charge in [-0.05, 0) is 64.3 Å². The fraction of sp³-hybridized carbons (Fsp3) is 0.200. The summed E-state index contributed by atoms with van der Waals surface area (Å²) in [7, 11) is 0. The molecule has 5 heteroatoms. The van der Waals surface area contributed by atoms with Crippen LogP contribution in [0.5, 0.6) is 0 Å². The van der Waals surface area contributed by atoms with Gasteiger partial charge >= 0.3 is 0 Å². The average molecular weight is 434 g/mol. The molecule has 1 N–H and O–H groups in total. The molecule has 1 atom stereocenters. The van der Waals surface area contributed by atoms with Gasteiger partial charge in [0.2, 0.25) is 0 Å². The van der Waals surface area contributed by atoms with Gasteiger partial charge in [-0.1, -0.05) is 27.5 Å². The molecule has 1 aliphatic heterocycles. The van der Waals surface area contributed by atoms with Crippen molar-refractivity contribution in [2.75, 3.05) is 11.1 Å². The maximum atomic E-state index is 6.15. The van der Waals surface area contributed by atoms with Crippen molar-refractivity contribution in [1.82, 2.24) is 0 Å². The number of nitrogens with one attached hydrogen (secondary N) is 1. The molecule has 0 radical (unpaired) electrons. The summed E-state index contributed by atoms with van der Waals surface area (Å²) in [5, 5.41) is 4.42. The number of fused-ring (bicyclic) bond motifs is 1. The Labute approximate surface area is 144 Å². The fourth-order valence-electron chi connectivity index (χ4n) is 2.31. The van der Waals surface area contributed by atoms with E-state index in [2.05, 4.69) is 55.4 Å². The first-order chi connectivity index (χ1) is 9.63. The minimum atomic E-state index is 0.301. The minimum absolute atomic E-state index is 0.301. The van der Waals surface area contributed by atoms with Gasteiger partial charge in [-0.2, -0.15) is 0 Å². The van der Waals surface area contributed by atoms with Crippen molar-refractivity contribution in [2.45, 2.75) is 17.4 Å². The lowest BCUT2D eigenvalue weighted by Gasteiger charge is -2.27. The van der Waals surface area contributed by atoms with Crippen molar-refractivity contribution < 1.29 is 0 Å². The van der Waals surface area contributed by atoms with Crippen molar-refractivity contribution in [3.63, 3.8) is 0 Å². The van der Waals surface area contributed by atoms with Crippen molar-refractivity contribution in [3.05, 3.63) is 55.9 Å². The van der Waals surface area contributed by atoms with Crippen LogP contribution in [0.25, 0.3) is 0 Å². The molecular formula is C15H12Br2ClNS. The predicted molar refractivity (Wildman–Crippen MR) is 95.0 cm³/mol. The monoisotopic (exact) mass is 431 g/mol. The summed E-state index contributed by atoms with van der Waals surface area (Å²) in [6, 6.07) is 12.6. The molecule has 1 aliphatic rings. The van der Waals surface area contributed by atoms with Crippen molar-refractivity contribution in [1.29, 1.82) is 0 Å². The lowest BCUT2D eigenvalue weighted by atomic mass is 10.0. The number of hydrogen-bond acceptors (Lipinski definition) is 2. The molecule has 0 saturated heterocycles. The first-order valence-electron chi connectivity index (χ1n) is 6.27. The van der Waals surface area contributed by atoms with E-state index in [0.29, 0.717) is 6.04 Å². The molecule has 1 unspecified atom stereocenters. The van der Waals surface area contributed by atoms with E-state index < -0.39 is 0 Å². The van der Waals surface area contributed by atoms with E-state index in [1.54, 1.807) is 0 Å². The van der Waals surface area contributed by atoms with Gasteiger partial charge in [0.25, 0.3) is 0 Å². The summed E-state index contributed by atoms with van der Waals surface area (Å²) in [5.74, 6) is 1.12. The normalized spacial score (nSPS) is 17.6. The van der Waals surface area contributed by atoms with E-state index in [-0.39, 0.29) is 0 Å². The van der Waals surface area contributed by atoms with Crippen LogP contribution in [0.1, 0.15) is 18.0 Å². The second-order valence-corrected chi connectivity index (χ2v) is 7.98. The lowest BCUT2D eigenvalue weighted by Crippen LogP contribution is -2.16. The Morgan fingerprint density at radius 1 is 1.15 bits per heavy atom. The predicted octanol–water partition coefficient (Wildman–Crippen LogP) is 6.51. The van der Waals surface area contributed by atoms with Gasteiger partial charge < -0.3 is 5.32 Å². The Morgan fingerprint density at radius 3 is 2.85 bits per heavy atom. The summed E-state index contributed by atoms with van der Waals surface area (Å²) in [6.07, 6.45) is 1.09. The zero-order valence-corrected chi connectivity index (χ0v) is 15.2. The Bertz CT molecular complexity index is 648. The van der Waals surface area contributed by atoms with Gasteiger partial charge in [-0.3, -0.25) is 0 Å². The molecule has 20 heavy (non-hydrogen) atoms. The van der Waals surface area contributed by atoms with Crippen molar-refractivity contribution >= 4 is 60.9 Å². The molecule has 3 rings (SSSR count). The lowest BCUT2D eigenvalue weighted by molar-refractivity contribution is 0.728. The molecule has 0 amide bonds. The Morgan fingerprint density at radius 2 is 2.00 bits per heavy atom. The smallest absolute Gasteiger partial charge is 0.0533 e. The Hall–Kier alpha value is -0.160. The molecule has 0 fully saturated rings. The highest BCUT2D eigenvalue weighted by Gasteiger charge is 2.21. The number of thioether (sulfide) groups is 1. The van der Waals surface area contributed by atoms with Crippen molar-refractivity contribution in [2.24, 2.45) is 0 Å². The van der Waals surface area contributed by atoms with Gasteiger partial charge in [-0.25, -0.2) is 0 Å². The summed E-state index contributed by atoms with van der Waals surface area (Å²) >= 11 is 15.2. The third-order valence-corrected chi connectivity index (χ3v) is 5.81. The van der Waals surface area contributed by atoms with Gasteiger partial charge in [-0.15, -0.1) is 11.8 Å². The molecule has 0 spiro atoms. The van der Waals surface area contributed by atoms with E-state index in [1.807, 2.05) is 30.0 Å². The van der Waals surface area contributed by atoms with E-state index in [0.717, 1.165) is 31.8 Å². The van der Waals surface area contributed by atoms with Crippen LogP contribution >= 0.6 is 55.2 Å². The zero-order chi connectivity index (χ0) is 14.1. The molecular weight excluding hydrogens is 422 g/mol. The topological polar surface area (TPSA) is 12.0 Å². The number of hydrogen-bond donors (Lipinski definition) is 1. The van der Waals surface area contributed by atoms with Crippen LogP contribution in [0.2, 0.25) is 5.02 Å². The molecule has 0 aromatic heterocycles. The summed E-state index contributed by atoms with van der Waals surface area (Å²) in [5.41, 5.74) is 2.39. The van der Waals surface area contributed by atoms with Crippen LogP contribution in [-0.4, -0.2) is 5.75 Å². The molecule has 2 aromatic carbocycles. The molecule has 0 aliphatic carbocycles. The molecule has 0 bridgehead atoms. The van der Waals surface area contributed by atoms with Crippen molar-refractivity contribution in [3.8, 4) is 0 Å². The molecule has 104 valence electrons. The quantitative estimate of drug-likeness (QED) is 0.579. The first-order valence-corrected chi connectivity index (χ1v) is 9.22. The van der Waals surface area contributed by atoms with Crippen LogP contribution in [0, 0.1) is 0 Å². The summed E-state index contributed by atoms with van der Waals surface area (Å²) in [4.78, 5) is 1.32. The van der Waals surface area contributed by atoms with E-state index in [9.17, 15) is 0 Å². The van der Waals surface area contributed by atoms with Gasteiger partial charge in [0, 0.05) is 24.6 Å². The molecule has 1 heterocycles. The maximum Gasteiger partial charge on any atom is 0.0533 e. The third-order valence-electron chi connectivity index (χ3n) is 3.27. The fourth-order valence-corrected chi connectivity index (χ4v) is 4.32. The largest absolute Gasteiger partial charge is 0.377 e. The molecule has 1 nitrogen and oxygen atoms in total. The van der Waals surface area contributed by atoms with Gasteiger partial charge in [0.05, 0.1) is 11.7 Å². The summed E-state index contributed by atoms with van der Waals surface area (Å²) in [6.45, 7) is 0. The molecule has 2 aromatic rings. The van der Waals surface area contributed by atoms with E-state index in [1.165, 1.54) is 10.5 Å². The minimum Gasteiger partial charge on any atom is -0.377 e. The first kappa shape index (κ1) is 14.8. The Balaban J connectivity index is 1.93. The standard InChI is InChI=1S/C15H12Br2ClNS/c16-9-1-3-12(17)14(7-9)19-13-5-6-20-15-4-2-10(18)8-11(13)15/h1-4,7-8,13,19H,5-6H2. The maximum absolute atomic E-state index is 6.15. The number of halogens is 3. The number of rotatable bonds is 2. The van der Waals surface area contributed by atoms with Crippen LogP contribution in [-0.2, 0) is 0 Å². The van der Waals surface area contributed by atoms with Crippen LogP contribution in [0.3, 0.4) is 0 Å². The highest BCUT2D eigenvalue weighted by molar-refractivity contribution is 9.11. The van der Waals surface area contributed by atoms with Gasteiger partial charge in [0.1, 0.15) is 0 Å². The highest BCUT2D eigenvalue weighted by atomic mass is 79.9. The SMILES string of the molecule is Clc1ccc2c(c1)C(Nc1cc(Br)ccc1Br)CCS2. The van der Waals surface area contributed by atoms with Crippen LogP contribution in [0.15, 0.2) is 50.2 Å². The highest BCUT2D eigenvalue weighted by Crippen LogP contribution is 2.40. The average Bonchev–Trinajstić information content (AvgIpc) is 2.43.